The number of rotatable bonds is 2. The number of hydrogen-bond donors (Lipinski definition) is 0. The van der Waals surface area contributed by atoms with Gasteiger partial charge in [0.25, 0.3) is 0 Å². The summed E-state index contributed by atoms with van der Waals surface area (Å²) >= 11 is 11.9. The third-order valence-corrected chi connectivity index (χ3v) is 6.63. The summed E-state index contributed by atoms with van der Waals surface area (Å²) in [5, 5.41) is 0.545. The fourth-order valence-electron chi connectivity index (χ4n) is 2.80. The monoisotopic (exact) mass is 365 g/mol. The van der Waals surface area contributed by atoms with Crippen LogP contribution in [-0.4, -0.2) is 44.8 Å². The number of benzene rings is 1. The summed E-state index contributed by atoms with van der Waals surface area (Å²) in [6.07, 6.45) is 1.93. The summed E-state index contributed by atoms with van der Waals surface area (Å²) in [5.74, 6) is -0.617. The second-order valence-corrected chi connectivity index (χ2v) is 8.19. The molecule has 1 aromatic carbocycles. The molecule has 1 aromatic rings. The Morgan fingerprint density at radius 2 is 1.73 bits per heavy atom. The van der Waals surface area contributed by atoms with Crippen LogP contribution in [0.15, 0.2) is 23.1 Å². The summed E-state index contributed by atoms with van der Waals surface area (Å²) in [6, 6.07) is 4.41. The molecule has 8 heteroatoms. The fraction of sp³-hybridized carbons (Fsp3) is 0.571. The Balaban J connectivity index is 1.77. The van der Waals surface area contributed by atoms with Gasteiger partial charge in [-0.2, -0.15) is 4.31 Å². The molecule has 22 heavy (non-hydrogen) atoms. The van der Waals surface area contributed by atoms with Gasteiger partial charge in [0, 0.05) is 31.0 Å². The lowest BCUT2D eigenvalue weighted by molar-refractivity contribution is -0.280. The van der Waals surface area contributed by atoms with E-state index in [4.69, 9.17) is 32.7 Å². The normalized spacial score (nSPS) is 22.8. The highest BCUT2D eigenvalue weighted by Gasteiger charge is 2.41. The summed E-state index contributed by atoms with van der Waals surface area (Å²) in [6.45, 7) is 2.02. The van der Waals surface area contributed by atoms with Crippen molar-refractivity contribution in [2.75, 3.05) is 26.3 Å². The van der Waals surface area contributed by atoms with Gasteiger partial charge in [0.2, 0.25) is 10.0 Å². The molecule has 1 spiro atoms. The Bertz CT molecular complexity index is 649. The van der Waals surface area contributed by atoms with E-state index in [1.54, 1.807) is 0 Å². The number of piperidine rings is 1. The van der Waals surface area contributed by atoms with Crippen molar-refractivity contribution in [3.8, 4) is 0 Å². The van der Waals surface area contributed by atoms with Crippen LogP contribution in [0.1, 0.15) is 19.3 Å². The minimum absolute atomic E-state index is 0.0833. The lowest BCUT2D eigenvalue weighted by Crippen LogP contribution is -2.51. The van der Waals surface area contributed by atoms with Crippen molar-refractivity contribution in [1.29, 1.82) is 0 Å². The molecule has 3 rings (SSSR count). The van der Waals surface area contributed by atoms with Crippen LogP contribution in [0.3, 0.4) is 0 Å². The van der Waals surface area contributed by atoms with Gasteiger partial charge in [-0.1, -0.05) is 23.2 Å². The molecule has 0 aromatic heterocycles. The number of ether oxygens (including phenoxy) is 2. The van der Waals surface area contributed by atoms with E-state index in [0.717, 1.165) is 6.42 Å². The minimum Gasteiger partial charge on any atom is -0.350 e. The zero-order valence-electron chi connectivity index (χ0n) is 11.9. The first-order chi connectivity index (χ1) is 10.4. The van der Waals surface area contributed by atoms with Crippen LogP contribution in [0.4, 0.5) is 0 Å². The van der Waals surface area contributed by atoms with E-state index in [-0.39, 0.29) is 9.92 Å². The number of nitrogens with zero attached hydrogens (tertiary/aromatic N) is 1. The second kappa shape index (κ2) is 6.26. The Morgan fingerprint density at radius 3 is 2.32 bits per heavy atom. The standard InChI is InChI=1S/C14H17Cl2NO4S/c15-11-2-3-13(12(16)10-11)22(18,19)17-6-4-14(5-7-17)20-8-1-9-21-14/h2-3,10H,1,4-9H2. The van der Waals surface area contributed by atoms with Crippen molar-refractivity contribution in [2.24, 2.45) is 0 Å². The average Bonchev–Trinajstić information content (AvgIpc) is 2.48. The summed E-state index contributed by atoms with van der Waals surface area (Å²) in [7, 11) is -3.63. The maximum atomic E-state index is 12.7. The molecule has 0 N–H and O–H groups in total. The van der Waals surface area contributed by atoms with E-state index in [1.807, 2.05) is 0 Å². The van der Waals surface area contributed by atoms with E-state index >= 15 is 0 Å². The lowest BCUT2D eigenvalue weighted by Gasteiger charge is -2.42. The molecule has 2 fully saturated rings. The molecule has 2 saturated heterocycles. The summed E-state index contributed by atoms with van der Waals surface area (Å²) in [5.41, 5.74) is 0. The van der Waals surface area contributed by atoms with Crippen LogP contribution in [0, 0.1) is 0 Å². The van der Waals surface area contributed by atoms with Crippen molar-refractivity contribution in [2.45, 2.75) is 29.9 Å². The van der Waals surface area contributed by atoms with E-state index in [9.17, 15) is 8.42 Å². The highest BCUT2D eigenvalue weighted by Crippen LogP contribution is 2.34. The number of sulfonamides is 1. The van der Waals surface area contributed by atoms with E-state index in [0.29, 0.717) is 44.2 Å². The van der Waals surface area contributed by atoms with Crippen molar-refractivity contribution >= 4 is 33.2 Å². The van der Waals surface area contributed by atoms with Crippen molar-refractivity contribution in [3.63, 3.8) is 0 Å². The van der Waals surface area contributed by atoms with E-state index < -0.39 is 15.8 Å². The Labute approximate surface area is 140 Å². The van der Waals surface area contributed by atoms with Gasteiger partial charge in [0.15, 0.2) is 5.79 Å². The van der Waals surface area contributed by atoms with Crippen molar-refractivity contribution in [3.05, 3.63) is 28.2 Å². The van der Waals surface area contributed by atoms with E-state index in [1.165, 1.54) is 22.5 Å². The van der Waals surface area contributed by atoms with Crippen LogP contribution in [0.5, 0.6) is 0 Å². The minimum atomic E-state index is -3.63. The van der Waals surface area contributed by atoms with Crippen LogP contribution in [0.25, 0.3) is 0 Å². The quantitative estimate of drug-likeness (QED) is 0.808. The molecular formula is C14H17Cl2NO4S. The highest BCUT2D eigenvalue weighted by atomic mass is 35.5. The topological polar surface area (TPSA) is 55.8 Å². The van der Waals surface area contributed by atoms with Gasteiger partial charge in [-0.25, -0.2) is 8.42 Å². The molecule has 0 unspecified atom stereocenters. The molecule has 122 valence electrons. The molecule has 5 nitrogen and oxygen atoms in total. The first kappa shape index (κ1) is 16.5. The van der Waals surface area contributed by atoms with Gasteiger partial charge >= 0.3 is 0 Å². The first-order valence-corrected chi connectivity index (χ1v) is 9.36. The Morgan fingerprint density at radius 1 is 1.09 bits per heavy atom. The third kappa shape index (κ3) is 3.13. The van der Waals surface area contributed by atoms with Crippen LogP contribution in [0.2, 0.25) is 10.0 Å². The first-order valence-electron chi connectivity index (χ1n) is 7.16. The molecule has 2 aliphatic heterocycles. The number of halogens is 2. The van der Waals surface area contributed by atoms with Crippen LogP contribution < -0.4 is 0 Å². The average molecular weight is 366 g/mol. The predicted molar refractivity (Wildman–Crippen MR) is 83.7 cm³/mol. The Hall–Kier alpha value is -0.370. The lowest BCUT2D eigenvalue weighted by atomic mass is 10.0. The molecular weight excluding hydrogens is 349 g/mol. The van der Waals surface area contributed by atoms with Crippen LogP contribution >= 0.6 is 23.2 Å². The maximum Gasteiger partial charge on any atom is 0.244 e. The molecule has 0 atom stereocenters. The van der Waals surface area contributed by atoms with Crippen molar-refractivity contribution < 1.29 is 17.9 Å². The molecule has 0 radical (unpaired) electrons. The fourth-order valence-corrected chi connectivity index (χ4v) is 4.98. The summed E-state index contributed by atoms with van der Waals surface area (Å²) in [4.78, 5) is 0.0833. The SMILES string of the molecule is O=S(=O)(c1ccc(Cl)cc1Cl)N1CCC2(CC1)OCCCO2. The second-order valence-electron chi connectivity index (χ2n) is 5.44. The predicted octanol–water partition coefficient (Wildman–Crippen LogP) is 2.91. The van der Waals surface area contributed by atoms with Gasteiger partial charge in [-0.05, 0) is 24.6 Å². The zero-order chi connectivity index (χ0) is 15.8. The van der Waals surface area contributed by atoms with Gasteiger partial charge in [0.05, 0.1) is 18.2 Å². The molecule has 2 aliphatic rings. The summed E-state index contributed by atoms with van der Waals surface area (Å²) < 4.78 is 38.3. The van der Waals surface area contributed by atoms with Gasteiger partial charge in [-0.3, -0.25) is 0 Å². The molecule has 0 aliphatic carbocycles. The largest absolute Gasteiger partial charge is 0.350 e. The number of hydrogen-bond acceptors (Lipinski definition) is 4. The Kier molecular flexibility index (Phi) is 4.69. The van der Waals surface area contributed by atoms with Gasteiger partial charge in [0.1, 0.15) is 4.90 Å². The third-order valence-electron chi connectivity index (χ3n) is 4.01. The molecule has 0 saturated carbocycles. The highest BCUT2D eigenvalue weighted by molar-refractivity contribution is 7.89. The smallest absolute Gasteiger partial charge is 0.244 e. The molecule has 2 heterocycles. The van der Waals surface area contributed by atoms with Crippen LogP contribution in [-0.2, 0) is 19.5 Å². The molecule has 0 amide bonds. The van der Waals surface area contributed by atoms with Crippen molar-refractivity contribution in [1.82, 2.24) is 4.31 Å². The zero-order valence-corrected chi connectivity index (χ0v) is 14.3. The van der Waals surface area contributed by atoms with E-state index in [2.05, 4.69) is 0 Å². The van der Waals surface area contributed by atoms with Gasteiger partial charge in [-0.15, -0.1) is 0 Å². The molecule has 0 bridgehead atoms. The maximum absolute atomic E-state index is 12.7. The van der Waals surface area contributed by atoms with Gasteiger partial charge < -0.3 is 9.47 Å².